The third-order valence-electron chi connectivity index (χ3n) is 2.35. The third kappa shape index (κ3) is 1.69. The van der Waals surface area contributed by atoms with E-state index >= 15 is 0 Å². The average Bonchev–Trinajstić information content (AvgIpc) is 2.31. The molecular weight excluding hydrogens is 178 g/mol. The second-order valence-corrected chi connectivity index (χ2v) is 3.85. The molecule has 0 amide bonds. The van der Waals surface area contributed by atoms with Crippen molar-refractivity contribution in [1.82, 2.24) is 9.13 Å². The van der Waals surface area contributed by atoms with E-state index in [-0.39, 0.29) is 5.69 Å². The fourth-order valence-corrected chi connectivity index (χ4v) is 1.65. The van der Waals surface area contributed by atoms with Crippen LogP contribution in [0.15, 0.2) is 4.79 Å². The maximum atomic E-state index is 11.6. The number of anilines is 1. The zero-order valence-corrected chi connectivity index (χ0v) is 9.59. The number of hydrogen-bond acceptors (Lipinski definition) is 2. The first-order chi connectivity index (χ1) is 6.49. The first-order valence-electron chi connectivity index (χ1n) is 5.00. The highest BCUT2D eigenvalue weighted by Crippen LogP contribution is 2.13. The lowest BCUT2D eigenvalue weighted by atomic mass is 10.3. The summed E-state index contributed by atoms with van der Waals surface area (Å²) < 4.78 is 3.36. The van der Waals surface area contributed by atoms with Gasteiger partial charge in [-0.05, 0) is 20.3 Å². The van der Waals surface area contributed by atoms with Crippen LogP contribution in [0, 0.1) is 0 Å². The van der Waals surface area contributed by atoms with E-state index in [0.717, 1.165) is 17.9 Å². The molecule has 0 saturated carbocycles. The molecule has 0 atom stereocenters. The monoisotopic (exact) mass is 197 g/mol. The first-order valence-corrected chi connectivity index (χ1v) is 5.00. The van der Waals surface area contributed by atoms with Crippen LogP contribution in [0.25, 0.3) is 0 Å². The van der Waals surface area contributed by atoms with Gasteiger partial charge in [-0.25, -0.2) is 4.79 Å². The minimum absolute atomic E-state index is 0.0324. The smallest absolute Gasteiger partial charge is 0.329 e. The van der Waals surface area contributed by atoms with Crippen LogP contribution in [0.4, 0.5) is 5.82 Å². The standard InChI is InChI=1S/C10H19N3O/c1-6-8-9(11-7(2)3)13(5)10(14)12(8)4/h7,11H,6H2,1-5H3. The van der Waals surface area contributed by atoms with Crippen molar-refractivity contribution < 1.29 is 0 Å². The van der Waals surface area contributed by atoms with Gasteiger partial charge >= 0.3 is 5.69 Å². The van der Waals surface area contributed by atoms with Gasteiger partial charge in [0.1, 0.15) is 5.82 Å². The number of hydrogen-bond donors (Lipinski definition) is 1. The Balaban J connectivity index is 3.26. The number of nitrogens with one attached hydrogen (secondary N) is 1. The molecule has 0 bridgehead atoms. The van der Waals surface area contributed by atoms with Gasteiger partial charge in [0, 0.05) is 20.1 Å². The van der Waals surface area contributed by atoms with Crippen LogP contribution in [0.1, 0.15) is 26.5 Å². The van der Waals surface area contributed by atoms with E-state index < -0.39 is 0 Å². The van der Waals surface area contributed by atoms with Gasteiger partial charge in [0.25, 0.3) is 0 Å². The summed E-state index contributed by atoms with van der Waals surface area (Å²) in [6.07, 6.45) is 0.863. The van der Waals surface area contributed by atoms with Crippen molar-refractivity contribution in [3.05, 3.63) is 16.2 Å². The van der Waals surface area contributed by atoms with E-state index in [0.29, 0.717) is 6.04 Å². The van der Waals surface area contributed by atoms with Crippen molar-refractivity contribution in [2.75, 3.05) is 5.32 Å². The fraction of sp³-hybridized carbons (Fsp3) is 0.700. The van der Waals surface area contributed by atoms with Crippen LogP contribution in [-0.2, 0) is 20.5 Å². The Labute approximate surface area is 84.5 Å². The number of aromatic nitrogens is 2. The molecule has 0 aliphatic heterocycles. The molecule has 0 aliphatic carbocycles. The van der Waals surface area contributed by atoms with E-state index in [2.05, 4.69) is 26.1 Å². The van der Waals surface area contributed by atoms with E-state index in [1.54, 1.807) is 16.2 Å². The molecule has 14 heavy (non-hydrogen) atoms. The Hall–Kier alpha value is -1.19. The number of imidazole rings is 1. The quantitative estimate of drug-likeness (QED) is 0.788. The molecule has 1 N–H and O–H groups in total. The zero-order valence-electron chi connectivity index (χ0n) is 9.59. The second kappa shape index (κ2) is 3.90. The maximum Gasteiger partial charge on any atom is 0.329 e. The van der Waals surface area contributed by atoms with Gasteiger partial charge in [0.2, 0.25) is 0 Å². The number of rotatable bonds is 3. The molecule has 4 heteroatoms. The molecule has 1 aromatic rings. The Morgan fingerprint density at radius 3 is 2.29 bits per heavy atom. The van der Waals surface area contributed by atoms with Gasteiger partial charge in [-0.3, -0.25) is 9.13 Å². The summed E-state index contributed by atoms with van der Waals surface area (Å²) in [6.45, 7) is 6.19. The van der Waals surface area contributed by atoms with Crippen LogP contribution in [-0.4, -0.2) is 15.2 Å². The zero-order chi connectivity index (χ0) is 10.9. The number of nitrogens with zero attached hydrogens (tertiary/aromatic N) is 2. The van der Waals surface area contributed by atoms with Crippen LogP contribution in [0.2, 0.25) is 0 Å². The van der Waals surface area contributed by atoms with Gasteiger partial charge in [-0.1, -0.05) is 6.92 Å². The van der Waals surface area contributed by atoms with Gasteiger partial charge in [-0.15, -0.1) is 0 Å². The Bertz CT molecular complexity index is 373. The molecule has 80 valence electrons. The van der Waals surface area contributed by atoms with Gasteiger partial charge in [-0.2, -0.15) is 0 Å². The second-order valence-electron chi connectivity index (χ2n) is 3.85. The summed E-state index contributed by atoms with van der Waals surface area (Å²) in [5.74, 6) is 0.940. The lowest BCUT2D eigenvalue weighted by Gasteiger charge is -2.11. The van der Waals surface area contributed by atoms with Gasteiger partial charge < -0.3 is 5.32 Å². The molecule has 1 aromatic heterocycles. The Kier molecular flexibility index (Phi) is 3.03. The van der Waals surface area contributed by atoms with Crippen LogP contribution in [0.5, 0.6) is 0 Å². The third-order valence-corrected chi connectivity index (χ3v) is 2.35. The summed E-state index contributed by atoms with van der Waals surface area (Å²) in [6, 6.07) is 0.341. The van der Waals surface area contributed by atoms with Crippen LogP contribution in [0.3, 0.4) is 0 Å². The molecular formula is C10H19N3O. The summed E-state index contributed by atoms with van der Waals surface area (Å²) in [7, 11) is 3.61. The Morgan fingerprint density at radius 2 is 1.86 bits per heavy atom. The predicted octanol–water partition coefficient (Wildman–Crippen LogP) is 1.11. The summed E-state index contributed by atoms with van der Waals surface area (Å²) >= 11 is 0. The highest BCUT2D eigenvalue weighted by molar-refractivity contribution is 5.43. The SMILES string of the molecule is CCc1c(NC(C)C)n(C)c(=O)n1C. The van der Waals surface area contributed by atoms with Crippen molar-refractivity contribution in [1.29, 1.82) is 0 Å². The molecule has 0 saturated heterocycles. The minimum Gasteiger partial charge on any atom is -0.368 e. The molecule has 0 unspecified atom stereocenters. The van der Waals surface area contributed by atoms with E-state index in [1.807, 2.05) is 7.05 Å². The van der Waals surface area contributed by atoms with E-state index in [4.69, 9.17) is 0 Å². The molecule has 1 heterocycles. The largest absolute Gasteiger partial charge is 0.368 e. The van der Waals surface area contributed by atoms with Gasteiger partial charge in [0.05, 0.1) is 5.69 Å². The highest BCUT2D eigenvalue weighted by atomic mass is 16.1. The summed E-state index contributed by atoms with van der Waals surface area (Å²) in [5.41, 5.74) is 1.09. The normalized spacial score (nSPS) is 11.0. The molecule has 0 aromatic carbocycles. The van der Waals surface area contributed by atoms with Gasteiger partial charge in [0.15, 0.2) is 0 Å². The average molecular weight is 197 g/mol. The minimum atomic E-state index is 0.0324. The van der Waals surface area contributed by atoms with Crippen molar-refractivity contribution in [2.45, 2.75) is 33.2 Å². The fourth-order valence-electron chi connectivity index (χ4n) is 1.65. The first kappa shape index (κ1) is 10.9. The van der Waals surface area contributed by atoms with Crippen LogP contribution < -0.4 is 11.0 Å². The topological polar surface area (TPSA) is 39.0 Å². The van der Waals surface area contributed by atoms with Crippen molar-refractivity contribution in [3.8, 4) is 0 Å². The molecule has 4 nitrogen and oxygen atoms in total. The van der Waals surface area contributed by atoms with Crippen molar-refractivity contribution in [3.63, 3.8) is 0 Å². The lowest BCUT2D eigenvalue weighted by molar-refractivity contribution is 0.753. The molecule has 0 aliphatic rings. The molecule has 0 spiro atoms. The van der Waals surface area contributed by atoms with E-state index in [9.17, 15) is 4.79 Å². The van der Waals surface area contributed by atoms with E-state index in [1.165, 1.54) is 0 Å². The summed E-state index contributed by atoms with van der Waals surface area (Å²) in [5, 5.41) is 3.30. The van der Waals surface area contributed by atoms with Crippen molar-refractivity contribution in [2.24, 2.45) is 14.1 Å². The Morgan fingerprint density at radius 1 is 1.29 bits per heavy atom. The molecule has 0 radical (unpaired) electrons. The molecule has 1 rings (SSSR count). The maximum absolute atomic E-state index is 11.6. The highest BCUT2D eigenvalue weighted by Gasteiger charge is 2.13. The summed E-state index contributed by atoms with van der Waals surface area (Å²) in [4.78, 5) is 11.6. The molecule has 0 fully saturated rings. The van der Waals surface area contributed by atoms with Crippen LogP contribution >= 0.6 is 0 Å². The van der Waals surface area contributed by atoms with Crippen molar-refractivity contribution >= 4 is 5.82 Å². The lowest BCUT2D eigenvalue weighted by Crippen LogP contribution is -2.21. The predicted molar refractivity (Wildman–Crippen MR) is 58.8 cm³/mol.